The van der Waals surface area contributed by atoms with Crippen LogP contribution in [0.4, 0.5) is 4.39 Å². The van der Waals surface area contributed by atoms with Crippen LogP contribution in [-0.4, -0.2) is 18.3 Å². The molecule has 0 saturated heterocycles. The summed E-state index contributed by atoms with van der Waals surface area (Å²) in [5.41, 5.74) is 6.15. The van der Waals surface area contributed by atoms with Gasteiger partial charge in [0.05, 0.1) is 0 Å². The van der Waals surface area contributed by atoms with Gasteiger partial charge in [-0.25, -0.2) is 4.39 Å². The quantitative estimate of drug-likeness (QED) is 0.767. The number of benzene rings is 1. The lowest BCUT2D eigenvalue weighted by molar-refractivity contribution is 0.247. The zero-order valence-corrected chi connectivity index (χ0v) is 8.33. The van der Waals surface area contributed by atoms with E-state index in [1.807, 2.05) is 13.0 Å². The van der Waals surface area contributed by atoms with Crippen LogP contribution in [0.5, 0.6) is 0 Å². The lowest BCUT2D eigenvalue weighted by atomic mass is 9.80. The van der Waals surface area contributed by atoms with Crippen molar-refractivity contribution < 1.29 is 9.50 Å². The van der Waals surface area contributed by atoms with Gasteiger partial charge in [-0.05, 0) is 24.1 Å². The van der Waals surface area contributed by atoms with Crippen LogP contribution in [0.1, 0.15) is 18.9 Å². The van der Waals surface area contributed by atoms with Crippen LogP contribution in [0.2, 0.25) is 0 Å². The Labute approximate surface area is 83.6 Å². The third-order valence-electron chi connectivity index (χ3n) is 2.64. The zero-order chi connectivity index (χ0) is 10.6. The largest absolute Gasteiger partial charge is 0.396 e. The van der Waals surface area contributed by atoms with E-state index in [-0.39, 0.29) is 17.8 Å². The summed E-state index contributed by atoms with van der Waals surface area (Å²) in [7, 11) is 0. The molecule has 0 fully saturated rings. The number of aliphatic hydroxyl groups is 1. The molecule has 3 N–H and O–H groups in total. The van der Waals surface area contributed by atoms with Crippen LogP contribution < -0.4 is 5.73 Å². The van der Waals surface area contributed by atoms with Gasteiger partial charge in [0.1, 0.15) is 5.82 Å². The summed E-state index contributed by atoms with van der Waals surface area (Å²) in [6.07, 6.45) is 0.549. The van der Waals surface area contributed by atoms with Gasteiger partial charge in [-0.1, -0.05) is 19.1 Å². The molecule has 2 nitrogen and oxygen atoms in total. The molecule has 0 radical (unpaired) electrons. The molecule has 0 amide bonds. The van der Waals surface area contributed by atoms with Crippen molar-refractivity contribution in [2.45, 2.75) is 18.8 Å². The lowest BCUT2D eigenvalue weighted by Gasteiger charge is -2.27. The first-order valence-corrected chi connectivity index (χ1v) is 4.69. The minimum atomic E-state index is -0.336. The van der Waals surface area contributed by atoms with Crippen LogP contribution in [-0.2, 0) is 5.41 Å². The highest BCUT2D eigenvalue weighted by Gasteiger charge is 2.24. The first-order chi connectivity index (χ1) is 6.62. The standard InChI is InChI=1S/C11H16FNO/c1-11(8-13,5-6-14)9-3-2-4-10(12)7-9/h2-4,7,14H,5-6,8,13H2,1H3. The van der Waals surface area contributed by atoms with Gasteiger partial charge >= 0.3 is 0 Å². The summed E-state index contributed by atoms with van der Waals surface area (Å²) in [5.74, 6) is -0.264. The molecule has 0 spiro atoms. The van der Waals surface area contributed by atoms with E-state index in [1.165, 1.54) is 12.1 Å². The highest BCUT2D eigenvalue weighted by molar-refractivity contribution is 5.25. The van der Waals surface area contributed by atoms with Gasteiger partial charge in [0.25, 0.3) is 0 Å². The second kappa shape index (κ2) is 4.53. The van der Waals surface area contributed by atoms with Gasteiger partial charge in [-0.2, -0.15) is 0 Å². The summed E-state index contributed by atoms with van der Waals surface area (Å²) in [6.45, 7) is 2.39. The van der Waals surface area contributed by atoms with E-state index < -0.39 is 0 Å². The Morgan fingerprint density at radius 1 is 1.50 bits per heavy atom. The number of aliphatic hydroxyl groups excluding tert-OH is 1. The average Bonchev–Trinajstić information content (AvgIpc) is 2.18. The molecule has 1 atom stereocenters. The molecule has 0 aliphatic heterocycles. The predicted octanol–water partition coefficient (Wildman–Crippen LogP) is 1.42. The highest BCUT2D eigenvalue weighted by Crippen LogP contribution is 2.26. The Bertz CT molecular complexity index is 303. The van der Waals surface area contributed by atoms with Gasteiger partial charge in [0.15, 0.2) is 0 Å². The van der Waals surface area contributed by atoms with Crippen molar-refractivity contribution in [1.82, 2.24) is 0 Å². The molecular formula is C11H16FNO. The fraction of sp³-hybridized carbons (Fsp3) is 0.455. The molecule has 0 aliphatic carbocycles. The number of rotatable bonds is 4. The maximum Gasteiger partial charge on any atom is 0.123 e. The molecule has 1 aromatic carbocycles. The molecule has 0 aromatic heterocycles. The average molecular weight is 197 g/mol. The third-order valence-corrected chi connectivity index (χ3v) is 2.64. The van der Waals surface area contributed by atoms with Crippen molar-refractivity contribution in [1.29, 1.82) is 0 Å². The van der Waals surface area contributed by atoms with E-state index in [2.05, 4.69) is 0 Å². The maximum absolute atomic E-state index is 13.0. The molecular weight excluding hydrogens is 181 g/mol. The van der Waals surface area contributed by atoms with Crippen molar-refractivity contribution in [2.75, 3.05) is 13.2 Å². The lowest BCUT2D eigenvalue weighted by Crippen LogP contribution is -2.32. The number of nitrogens with two attached hydrogens (primary N) is 1. The van der Waals surface area contributed by atoms with E-state index in [0.29, 0.717) is 13.0 Å². The molecule has 1 unspecified atom stereocenters. The topological polar surface area (TPSA) is 46.2 Å². The molecule has 14 heavy (non-hydrogen) atoms. The second-order valence-electron chi connectivity index (χ2n) is 3.75. The molecule has 0 heterocycles. The smallest absolute Gasteiger partial charge is 0.123 e. The Hall–Kier alpha value is -0.930. The van der Waals surface area contributed by atoms with Crippen LogP contribution in [0.3, 0.4) is 0 Å². The van der Waals surface area contributed by atoms with Gasteiger partial charge in [0.2, 0.25) is 0 Å². The van der Waals surface area contributed by atoms with E-state index in [0.717, 1.165) is 5.56 Å². The fourth-order valence-corrected chi connectivity index (χ4v) is 1.47. The fourth-order valence-electron chi connectivity index (χ4n) is 1.47. The van der Waals surface area contributed by atoms with Gasteiger partial charge < -0.3 is 10.8 Å². The van der Waals surface area contributed by atoms with Crippen LogP contribution in [0.15, 0.2) is 24.3 Å². The number of hydrogen-bond acceptors (Lipinski definition) is 2. The summed E-state index contributed by atoms with van der Waals surface area (Å²) < 4.78 is 13.0. The van der Waals surface area contributed by atoms with Gasteiger partial charge in [-0.3, -0.25) is 0 Å². The van der Waals surface area contributed by atoms with Gasteiger partial charge in [0, 0.05) is 18.6 Å². The van der Waals surface area contributed by atoms with Crippen molar-refractivity contribution in [3.63, 3.8) is 0 Å². The number of hydrogen-bond donors (Lipinski definition) is 2. The molecule has 0 bridgehead atoms. The Morgan fingerprint density at radius 2 is 2.21 bits per heavy atom. The minimum absolute atomic E-state index is 0.0597. The highest BCUT2D eigenvalue weighted by atomic mass is 19.1. The van der Waals surface area contributed by atoms with Gasteiger partial charge in [-0.15, -0.1) is 0 Å². The van der Waals surface area contributed by atoms with Crippen molar-refractivity contribution in [3.8, 4) is 0 Å². The molecule has 3 heteroatoms. The monoisotopic (exact) mass is 197 g/mol. The molecule has 78 valence electrons. The first kappa shape index (κ1) is 11.1. The molecule has 0 saturated carbocycles. The van der Waals surface area contributed by atoms with E-state index in [4.69, 9.17) is 10.8 Å². The summed E-state index contributed by atoms with van der Waals surface area (Å²) in [5, 5.41) is 8.91. The van der Waals surface area contributed by atoms with Crippen molar-refractivity contribution in [3.05, 3.63) is 35.6 Å². The van der Waals surface area contributed by atoms with Crippen LogP contribution in [0.25, 0.3) is 0 Å². The molecule has 0 aliphatic rings. The Balaban J connectivity index is 2.99. The Morgan fingerprint density at radius 3 is 2.71 bits per heavy atom. The first-order valence-electron chi connectivity index (χ1n) is 4.69. The summed E-state index contributed by atoms with van der Waals surface area (Å²) in [4.78, 5) is 0. The van der Waals surface area contributed by atoms with E-state index in [9.17, 15) is 4.39 Å². The molecule has 1 rings (SSSR count). The summed E-state index contributed by atoms with van der Waals surface area (Å²) in [6, 6.07) is 6.38. The number of halogens is 1. The predicted molar refractivity (Wildman–Crippen MR) is 54.5 cm³/mol. The molecule has 1 aromatic rings. The second-order valence-corrected chi connectivity index (χ2v) is 3.75. The minimum Gasteiger partial charge on any atom is -0.396 e. The third kappa shape index (κ3) is 2.30. The van der Waals surface area contributed by atoms with Crippen LogP contribution >= 0.6 is 0 Å². The zero-order valence-electron chi connectivity index (χ0n) is 8.33. The van der Waals surface area contributed by atoms with E-state index in [1.54, 1.807) is 6.07 Å². The SMILES string of the molecule is CC(CN)(CCO)c1cccc(F)c1. The maximum atomic E-state index is 13.0. The van der Waals surface area contributed by atoms with Crippen LogP contribution in [0, 0.1) is 5.82 Å². The van der Waals surface area contributed by atoms with Crippen molar-refractivity contribution >= 4 is 0 Å². The van der Waals surface area contributed by atoms with E-state index >= 15 is 0 Å². The normalized spacial score (nSPS) is 15.1. The Kier molecular flexibility index (Phi) is 3.61. The summed E-state index contributed by atoms with van der Waals surface area (Å²) >= 11 is 0. The van der Waals surface area contributed by atoms with Crippen molar-refractivity contribution in [2.24, 2.45) is 5.73 Å².